The van der Waals surface area contributed by atoms with Crippen molar-refractivity contribution >= 4 is 17.8 Å². The van der Waals surface area contributed by atoms with Crippen LogP contribution in [0.4, 0.5) is 8.78 Å². The van der Waals surface area contributed by atoms with Crippen LogP contribution < -0.4 is 14.2 Å². The molecule has 0 saturated carbocycles. The molecule has 0 N–H and O–H groups in total. The quantitative estimate of drug-likeness (QED) is 0.368. The van der Waals surface area contributed by atoms with Crippen LogP contribution >= 0.6 is 0 Å². The fraction of sp³-hybridized carbons (Fsp3) is 0.200. The minimum atomic E-state index is -3.06. The lowest BCUT2D eigenvalue weighted by Crippen LogP contribution is -2.13. The van der Waals surface area contributed by atoms with E-state index in [0.717, 1.165) is 6.08 Å². The molecule has 2 aromatic carbocycles. The Morgan fingerprint density at radius 3 is 2.36 bits per heavy atom. The summed E-state index contributed by atoms with van der Waals surface area (Å²) < 4.78 is 44.6. The minimum absolute atomic E-state index is 0.0853. The van der Waals surface area contributed by atoms with Gasteiger partial charge in [0, 0.05) is 11.6 Å². The predicted octanol–water partition coefficient (Wildman–Crippen LogP) is 3.74. The summed E-state index contributed by atoms with van der Waals surface area (Å²) in [6.07, 6.45) is 2.23. The average Bonchev–Trinajstić information content (AvgIpc) is 2.70. The summed E-state index contributed by atoms with van der Waals surface area (Å²) in [5.41, 5.74) is 0.467. The van der Waals surface area contributed by atoms with Gasteiger partial charge in [-0.25, -0.2) is 4.79 Å². The van der Waals surface area contributed by atoms with E-state index >= 15 is 0 Å². The fourth-order valence-electron chi connectivity index (χ4n) is 2.34. The number of ketones is 1. The van der Waals surface area contributed by atoms with Crippen molar-refractivity contribution in [1.82, 2.24) is 0 Å². The summed E-state index contributed by atoms with van der Waals surface area (Å²) in [7, 11) is 2.73. The van der Waals surface area contributed by atoms with Gasteiger partial charge in [-0.05, 0) is 24.3 Å². The SMILES string of the molecule is COc1ccccc1C(=O)COC(=O)/C=C/c1cccc(OC)c1OC(F)F. The lowest BCUT2D eigenvalue weighted by atomic mass is 10.1. The first-order valence-corrected chi connectivity index (χ1v) is 8.09. The van der Waals surface area contributed by atoms with Crippen molar-refractivity contribution in [3.8, 4) is 17.2 Å². The fourth-order valence-corrected chi connectivity index (χ4v) is 2.34. The van der Waals surface area contributed by atoms with Gasteiger partial charge in [0.05, 0.1) is 19.8 Å². The molecular weight excluding hydrogens is 374 g/mol. The number of hydrogen-bond donors (Lipinski definition) is 0. The highest BCUT2D eigenvalue weighted by Crippen LogP contribution is 2.33. The predicted molar refractivity (Wildman–Crippen MR) is 96.9 cm³/mol. The van der Waals surface area contributed by atoms with Crippen molar-refractivity contribution in [3.63, 3.8) is 0 Å². The summed E-state index contributed by atoms with van der Waals surface area (Å²) in [5, 5.41) is 0. The zero-order chi connectivity index (χ0) is 20.5. The Labute approximate surface area is 160 Å². The number of rotatable bonds is 9. The number of halogens is 2. The first kappa shape index (κ1) is 20.9. The summed E-state index contributed by atoms with van der Waals surface area (Å²) >= 11 is 0. The molecule has 0 fully saturated rings. The Hall–Kier alpha value is -3.42. The lowest BCUT2D eigenvalue weighted by molar-refractivity contribution is -0.136. The highest BCUT2D eigenvalue weighted by molar-refractivity contribution is 6.01. The maximum atomic E-state index is 12.6. The molecule has 0 aliphatic rings. The number of ether oxygens (including phenoxy) is 4. The smallest absolute Gasteiger partial charge is 0.387 e. The van der Waals surface area contributed by atoms with E-state index in [0.29, 0.717) is 5.75 Å². The number of carbonyl (C=O) groups excluding carboxylic acids is 2. The molecule has 28 heavy (non-hydrogen) atoms. The number of hydrogen-bond acceptors (Lipinski definition) is 6. The van der Waals surface area contributed by atoms with Crippen LogP contribution in [0.5, 0.6) is 17.2 Å². The molecule has 0 unspecified atom stereocenters. The maximum Gasteiger partial charge on any atom is 0.387 e. The standard InChI is InChI=1S/C20H18F2O6/c1-25-16-8-4-3-7-14(16)15(23)12-27-18(24)11-10-13-6-5-9-17(26-2)19(13)28-20(21)22/h3-11,20H,12H2,1-2H3/b11-10+. The van der Waals surface area contributed by atoms with Crippen molar-refractivity contribution in [2.45, 2.75) is 6.61 Å². The van der Waals surface area contributed by atoms with Crippen molar-refractivity contribution in [3.05, 3.63) is 59.7 Å². The average molecular weight is 392 g/mol. The Kier molecular flexibility index (Phi) is 7.50. The van der Waals surface area contributed by atoms with Gasteiger partial charge in [-0.1, -0.05) is 24.3 Å². The molecule has 0 amide bonds. The third-order valence-electron chi connectivity index (χ3n) is 3.59. The molecule has 0 bridgehead atoms. The van der Waals surface area contributed by atoms with Crippen LogP contribution in [0.15, 0.2) is 48.5 Å². The van der Waals surface area contributed by atoms with E-state index in [-0.39, 0.29) is 22.6 Å². The first-order valence-electron chi connectivity index (χ1n) is 8.09. The Morgan fingerprint density at radius 2 is 1.68 bits per heavy atom. The molecule has 0 heterocycles. The third kappa shape index (κ3) is 5.54. The summed E-state index contributed by atoms with van der Waals surface area (Å²) in [6, 6.07) is 11.0. The van der Waals surface area contributed by atoms with E-state index in [4.69, 9.17) is 14.2 Å². The Bertz CT molecular complexity index is 864. The van der Waals surface area contributed by atoms with Crippen molar-refractivity contribution < 1.29 is 37.3 Å². The monoisotopic (exact) mass is 392 g/mol. The van der Waals surface area contributed by atoms with Crippen LogP contribution in [0.1, 0.15) is 15.9 Å². The third-order valence-corrected chi connectivity index (χ3v) is 3.59. The van der Waals surface area contributed by atoms with Gasteiger partial charge >= 0.3 is 12.6 Å². The molecule has 8 heteroatoms. The second kappa shape index (κ2) is 10.1. The van der Waals surface area contributed by atoms with Gasteiger partial charge in [-0.2, -0.15) is 8.78 Å². The van der Waals surface area contributed by atoms with Gasteiger partial charge in [-0.15, -0.1) is 0 Å². The van der Waals surface area contributed by atoms with Gasteiger partial charge in [0.1, 0.15) is 5.75 Å². The molecule has 2 aromatic rings. The van der Waals surface area contributed by atoms with Crippen LogP contribution in [0.2, 0.25) is 0 Å². The van der Waals surface area contributed by atoms with Gasteiger partial charge in [0.15, 0.2) is 18.1 Å². The number of alkyl halides is 2. The topological polar surface area (TPSA) is 71.1 Å². The number of esters is 1. The maximum absolute atomic E-state index is 12.6. The van der Waals surface area contributed by atoms with Crippen LogP contribution in [0.25, 0.3) is 6.08 Å². The summed E-state index contributed by atoms with van der Waals surface area (Å²) in [4.78, 5) is 24.0. The zero-order valence-corrected chi connectivity index (χ0v) is 15.2. The first-order chi connectivity index (χ1) is 13.5. The molecule has 6 nitrogen and oxygen atoms in total. The van der Waals surface area contributed by atoms with Crippen LogP contribution in [-0.4, -0.2) is 39.2 Å². The number of methoxy groups -OCH3 is 2. The normalized spacial score (nSPS) is 10.8. The molecule has 0 spiro atoms. The van der Waals surface area contributed by atoms with Crippen molar-refractivity contribution in [1.29, 1.82) is 0 Å². The van der Waals surface area contributed by atoms with Gasteiger partial charge in [0.25, 0.3) is 0 Å². The molecule has 0 radical (unpaired) electrons. The van der Waals surface area contributed by atoms with E-state index in [1.54, 1.807) is 30.3 Å². The second-order valence-electron chi connectivity index (χ2n) is 5.32. The highest BCUT2D eigenvalue weighted by Gasteiger charge is 2.15. The molecule has 2 rings (SSSR count). The van der Waals surface area contributed by atoms with Crippen LogP contribution in [-0.2, 0) is 9.53 Å². The van der Waals surface area contributed by atoms with Gasteiger partial charge < -0.3 is 18.9 Å². The summed E-state index contributed by atoms with van der Waals surface area (Å²) in [6.45, 7) is -3.56. The van der Waals surface area contributed by atoms with Gasteiger partial charge in [-0.3, -0.25) is 4.79 Å². The van der Waals surface area contributed by atoms with Crippen molar-refractivity contribution in [2.75, 3.05) is 20.8 Å². The second-order valence-corrected chi connectivity index (χ2v) is 5.32. The zero-order valence-electron chi connectivity index (χ0n) is 15.2. The number of Topliss-reactive ketones (excluding diaryl/α,β-unsaturated/α-hetero) is 1. The minimum Gasteiger partial charge on any atom is -0.496 e. The molecular formula is C20H18F2O6. The number of benzene rings is 2. The van der Waals surface area contributed by atoms with E-state index in [1.165, 1.54) is 32.4 Å². The van der Waals surface area contributed by atoms with Crippen LogP contribution in [0.3, 0.4) is 0 Å². The Morgan fingerprint density at radius 1 is 1.00 bits per heavy atom. The molecule has 0 saturated heterocycles. The molecule has 148 valence electrons. The number of carbonyl (C=O) groups is 2. The van der Waals surface area contributed by atoms with E-state index < -0.39 is 25.0 Å². The summed E-state index contributed by atoms with van der Waals surface area (Å²) in [5.74, 6) is -1.03. The van der Waals surface area contributed by atoms with E-state index in [2.05, 4.69) is 4.74 Å². The highest BCUT2D eigenvalue weighted by atomic mass is 19.3. The number of para-hydroxylation sites is 2. The van der Waals surface area contributed by atoms with E-state index in [9.17, 15) is 18.4 Å². The molecule has 0 aromatic heterocycles. The van der Waals surface area contributed by atoms with Gasteiger partial charge in [0.2, 0.25) is 5.78 Å². The molecule has 0 aliphatic heterocycles. The largest absolute Gasteiger partial charge is 0.496 e. The van der Waals surface area contributed by atoms with E-state index in [1.807, 2.05) is 0 Å². The molecule has 0 atom stereocenters. The Balaban J connectivity index is 2.05. The lowest BCUT2D eigenvalue weighted by Gasteiger charge is -2.12. The van der Waals surface area contributed by atoms with Crippen molar-refractivity contribution in [2.24, 2.45) is 0 Å². The molecule has 0 aliphatic carbocycles. The van der Waals surface area contributed by atoms with Crippen LogP contribution in [0, 0.1) is 0 Å².